The Bertz CT molecular complexity index is 1500. The molecule has 1 atom stereocenters. The Morgan fingerprint density at radius 1 is 1.23 bits per heavy atom. The summed E-state index contributed by atoms with van der Waals surface area (Å²) < 4.78 is 27.7. The Labute approximate surface area is 236 Å². The fourth-order valence-electron chi connectivity index (χ4n) is 4.41. The number of anilines is 1. The van der Waals surface area contributed by atoms with Crippen LogP contribution in [0.5, 0.6) is 0 Å². The van der Waals surface area contributed by atoms with E-state index in [1.165, 1.54) is 18.3 Å². The van der Waals surface area contributed by atoms with Gasteiger partial charge in [0.05, 0.1) is 34.4 Å². The SMILES string of the molecule is CN(C(=O)c1cc(Cl)ccc1NC(=O)C1=CC(O[SH](=O)=O)=CN(C2=NNCC2c2ncccc2Cl)C1)C1CC1. The molecule has 3 heterocycles. The first kappa shape index (κ1) is 27.0. The highest BCUT2D eigenvalue weighted by Gasteiger charge is 2.34. The van der Waals surface area contributed by atoms with Gasteiger partial charge in [0.15, 0.2) is 5.76 Å². The van der Waals surface area contributed by atoms with E-state index in [0.29, 0.717) is 28.1 Å². The average Bonchev–Trinajstić information content (AvgIpc) is 3.65. The minimum Gasteiger partial charge on any atom is -0.383 e. The van der Waals surface area contributed by atoms with Crippen LogP contribution in [-0.4, -0.2) is 67.0 Å². The quantitative estimate of drug-likeness (QED) is 0.419. The second-order valence-corrected chi connectivity index (χ2v) is 10.7. The number of hydrazone groups is 1. The van der Waals surface area contributed by atoms with E-state index in [0.717, 1.165) is 12.8 Å². The van der Waals surface area contributed by atoms with Crippen LogP contribution in [-0.2, 0) is 20.0 Å². The number of amides is 2. The molecule has 3 aliphatic rings. The molecule has 1 aromatic carbocycles. The van der Waals surface area contributed by atoms with Crippen LogP contribution < -0.4 is 10.7 Å². The third kappa shape index (κ3) is 6.02. The van der Waals surface area contributed by atoms with Crippen molar-refractivity contribution in [3.63, 3.8) is 0 Å². The molecule has 0 saturated heterocycles. The number of aromatic nitrogens is 1. The number of hydrogen-bond donors (Lipinski definition) is 3. The van der Waals surface area contributed by atoms with Crippen molar-refractivity contribution >= 4 is 57.5 Å². The minimum atomic E-state index is -3.25. The van der Waals surface area contributed by atoms with E-state index in [1.54, 1.807) is 47.3 Å². The molecular formula is C25H24Cl2N6O5S. The fraction of sp³-hybridized carbons (Fsp3) is 0.280. The van der Waals surface area contributed by atoms with Crippen molar-refractivity contribution in [2.45, 2.75) is 24.8 Å². The summed E-state index contributed by atoms with van der Waals surface area (Å²) in [6.07, 6.45) is 6.24. The van der Waals surface area contributed by atoms with Crippen LogP contribution in [0.4, 0.5) is 5.69 Å². The number of benzene rings is 1. The van der Waals surface area contributed by atoms with Gasteiger partial charge >= 0.3 is 0 Å². The number of pyridine rings is 1. The van der Waals surface area contributed by atoms with Gasteiger partial charge in [-0.15, -0.1) is 0 Å². The van der Waals surface area contributed by atoms with Crippen molar-refractivity contribution in [1.29, 1.82) is 0 Å². The van der Waals surface area contributed by atoms with Crippen LogP contribution in [0.1, 0.15) is 34.8 Å². The predicted molar refractivity (Wildman–Crippen MR) is 147 cm³/mol. The van der Waals surface area contributed by atoms with Gasteiger partial charge in [0.2, 0.25) is 0 Å². The van der Waals surface area contributed by atoms with E-state index in [4.69, 9.17) is 27.4 Å². The summed E-state index contributed by atoms with van der Waals surface area (Å²) in [5.41, 5.74) is 4.20. The van der Waals surface area contributed by atoms with Crippen LogP contribution in [0.15, 0.2) is 65.2 Å². The number of carbonyl (C=O) groups excluding carboxylic acids is 2. The molecule has 11 nitrogen and oxygen atoms in total. The Morgan fingerprint density at radius 3 is 2.74 bits per heavy atom. The number of allylic oxidation sites excluding steroid dienone is 1. The Balaban J connectivity index is 1.42. The number of nitrogens with zero attached hydrogens (tertiary/aromatic N) is 4. The lowest BCUT2D eigenvalue weighted by Crippen LogP contribution is -2.37. The maximum Gasteiger partial charge on any atom is 0.299 e. The van der Waals surface area contributed by atoms with E-state index < -0.39 is 16.9 Å². The summed E-state index contributed by atoms with van der Waals surface area (Å²) in [5.74, 6) is -0.783. The van der Waals surface area contributed by atoms with Crippen molar-refractivity contribution in [2.24, 2.45) is 5.10 Å². The van der Waals surface area contributed by atoms with Gasteiger partial charge in [0, 0.05) is 42.6 Å². The van der Waals surface area contributed by atoms with Crippen LogP contribution in [0.3, 0.4) is 0 Å². The lowest BCUT2D eigenvalue weighted by molar-refractivity contribution is -0.113. The number of amidine groups is 1. The largest absolute Gasteiger partial charge is 0.383 e. The summed E-state index contributed by atoms with van der Waals surface area (Å²) >= 11 is 12.5. The zero-order valence-corrected chi connectivity index (χ0v) is 23.0. The molecule has 2 N–H and O–H groups in total. The van der Waals surface area contributed by atoms with Gasteiger partial charge in [-0.3, -0.25) is 14.6 Å². The van der Waals surface area contributed by atoms with Crippen LogP contribution in [0.2, 0.25) is 10.0 Å². The Morgan fingerprint density at radius 2 is 2.03 bits per heavy atom. The number of thiol groups is 1. The maximum atomic E-state index is 13.5. The summed E-state index contributed by atoms with van der Waals surface area (Å²) in [4.78, 5) is 34.2. The Kier molecular flexibility index (Phi) is 7.78. The molecule has 39 heavy (non-hydrogen) atoms. The van der Waals surface area contributed by atoms with Crippen molar-refractivity contribution < 1.29 is 22.2 Å². The first-order chi connectivity index (χ1) is 18.7. The number of rotatable bonds is 7. The first-order valence-corrected chi connectivity index (χ1v) is 13.9. The van der Waals surface area contributed by atoms with Crippen molar-refractivity contribution in [3.8, 4) is 0 Å². The van der Waals surface area contributed by atoms with Gasteiger partial charge in [-0.25, -0.2) is 0 Å². The van der Waals surface area contributed by atoms with Crippen LogP contribution in [0.25, 0.3) is 0 Å². The maximum absolute atomic E-state index is 13.5. The third-order valence-electron chi connectivity index (χ3n) is 6.50. The van der Waals surface area contributed by atoms with Crippen molar-refractivity contribution in [2.75, 3.05) is 25.5 Å². The molecule has 1 aliphatic carbocycles. The fourth-order valence-corrected chi connectivity index (χ4v) is 5.10. The van der Waals surface area contributed by atoms with E-state index in [2.05, 4.69) is 20.8 Å². The number of halogens is 2. The molecule has 1 aromatic heterocycles. The van der Waals surface area contributed by atoms with E-state index in [9.17, 15) is 18.0 Å². The highest BCUT2D eigenvalue weighted by molar-refractivity contribution is 7.67. The number of hydrogen-bond acceptors (Lipinski definition) is 9. The van der Waals surface area contributed by atoms with Gasteiger partial charge in [0.1, 0.15) is 5.84 Å². The topological polar surface area (TPSA) is 133 Å². The molecule has 1 saturated carbocycles. The molecule has 2 aliphatic heterocycles. The summed E-state index contributed by atoms with van der Waals surface area (Å²) in [5, 5.41) is 7.94. The smallest absolute Gasteiger partial charge is 0.299 e. The molecule has 2 aromatic rings. The zero-order chi connectivity index (χ0) is 27.7. The monoisotopic (exact) mass is 590 g/mol. The highest BCUT2D eigenvalue weighted by atomic mass is 35.5. The van der Waals surface area contributed by atoms with Gasteiger partial charge < -0.3 is 24.7 Å². The highest BCUT2D eigenvalue weighted by Crippen LogP contribution is 2.31. The molecular weight excluding hydrogens is 567 g/mol. The van der Waals surface area contributed by atoms with E-state index >= 15 is 0 Å². The Hall–Kier alpha value is -3.61. The van der Waals surface area contributed by atoms with Crippen LogP contribution in [0, 0.1) is 0 Å². The van der Waals surface area contributed by atoms with Crippen molar-refractivity contribution in [1.82, 2.24) is 20.2 Å². The van der Waals surface area contributed by atoms with Gasteiger partial charge in [0.25, 0.3) is 22.8 Å². The number of nitrogens with one attached hydrogen (secondary N) is 2. The van der Waals surface area contributed by atoms with Gasteiger partial charge in [-0.2, -0.15) is 13.5 Å². The molecule has 0 radical (unpaired) electrons. The summed E-state index contributed by atoms with van der Waals surface area (Å²) in [6, 6.07) is 8.23. The molecule has 5 rings (SSSR count). The van der Waals surface area contributed by atoms with E-state index in [-0.39, 0.29) is 47.0 Å². The minimum absolute atomic E-state index is 0.0364. The second kappa shape index (κ2) is 11.2. The molecule has 204 valence electrons. The molecule has 1 unspecified atom stereocenters. The lowest BCUT2D eigenvalue weighted by atomic mass is 10.0. The molecule has 14 heteroatoms. The predicted octanol–water partition coefficient (Wildman–Crippen LogP) is 2.89. The molecule has 2 amide bonds. The second-order valence-electron chi connectivity index (χ2n) is 9.19. The molecule has 0 spiro atoms. The van der Waals surface area contributed by atoms with Crippen LogP contribution >= 0.6 is 23.2 Å². The average molecular weight is 591 g/mol. The molecule has 1 fully saturated rings. The first-order valence-electron chi connectivity index (χ1n) is 12.0. The third-order valence-corrected chi connectivity index (χ3v) is 7.41. The molecule has 0 bridgehead atoms. The standard InChI is InChI=1S/C25H24Cl2N6O5S/c1-32(16-5-6-16)25(35)18-10-15(26)4-7-21(18)30-24(34)14-9-17(38-39(36)37)13-33(12-14)23-19(11-29-31-23)22-20(27)3-2-8-28-22/h2-4,7-10,13,16,19,29,39H,5-6,11-12H2,1H3,(H,30,34). The van der Waals surface area contributed by atoms with Gasteiger partial charge in [-0.05, 0) is 49.2 Å². The van der Waals surface area contributed by atoms with E-state index in [1.807, 2.05) is 0 Å². The van der Waals surface area contributed by atoms with Crippen molar-refractivity contribution in [3.05, 3.63) is 81.4 Å². The summed E-state index contributed by atoms with van der Waals surface area (Å²) in [6.45, 7) is 0.438. The summed E-state index contributed by atoms with van der Waals surface area (Å²) in [7, 11) is -1.54. The zero-order valence-electron chi connectivity index (χ0n) is 20.6. The normalized spacial score (nSPS) is 18.6. The van der Waals surface area contributed by atoms with Gasteiger partial charge in [-0.1, -0.05) is 23.2 Å². The number of carbonyl (C=O) groups is 2. The lowest BCUT2D eigenvalue weighted by Gasteiger charge is -2.28.